The summed E-state index contributed by atoms with van der Waals surface area (Å²) in [5, 5.41) is 4.00. The fourth-order valence-electron chi connectivity index (χ4n) is 1.33. The van der Waals surface area contributed by atoms with Gasteiger partial charge in [-0.15, -0.1) is 0 Å². The largest absolute Gasteiger partial charge is 0.310 e. The van der Waals surface area contributed by atoms with Gasteiger partial charge in [0, 0.05) is 24.6 Å². The molecule has 2 aliphatic rings. The van der Waals surface area contributed by atoms with Crippen LogP contribution in [0.1, 0.15) is 0 Å². The van der Waals surface area contributed by atoms with Crippen molar-refractivity contribution in [3.63, 3.8) is 0 Å². The number of rotatable bonds is 0. The van der Waals surface area contributed by atoms with Crippen molar-refractivity contribution in [2.75, 3.05) is 6.54 Å². The van der Waals surface area contributed by atoms with Crippen LogP contribution in [0.25, 0.3) is 0 Å². The van der Waals surface area contributed by atoms with Crippen molar-refractivity contribution in [3.05, 3.63) is 24.3 Å². The van der Waals surface area contributed by atoms with Gasteiger partial charge in [0.25, 0.3) is 0 Å². The van der Waals surface area contributed by atoms with E-state index in [0.717, 1.165) is 6.54 Å². The Morgan fingerprint density at radius 3 is 3.10 bits per heavy atom. The molecule has 1 heterocycles. The first-order valence-corrected chi connectivity index (χ1v) is 3.58. The van der Waals surface area contributed by atoms with E-state index in [1.807, 2.05) is 6.21 Å². The van der Waals surface area contributed by atoms with E-state index in [-0.39, 0.29) is 0 Å². The number of hydrogen-bond acceptors (Lipinski definition) is 2. The zero-order valence-corrected chi connectivity index (χ0v) is 5.70. The average molecular weight is 134 g/mol. The third-order valence-corrected chi connectivity index (χ3v) is 1.96. The minimum atomic E-state index is 0.534. The Morgan fingerprint density at radius 1 is 1.30 bits per heavy atom. The molecule has 0 spiro atoms. The molecule has 1 aliphatic heterocycles. The van der Waals surface area contributed by atoms with Crippen molar-refractivity contribution in [3.8, 4) is 0 Å². The van der Waals surface area contributed by atoms with Gasteiger partial charge in [0.2, 0.25) is 0 Å². The van der Waals surface area contributed by atoms with E-state index in [4.69, 9.17) is 0 Å². The summed E-state index contributed by atoms with van der Waals surface area (Å²) in [5.41, 5.74) is 2.97. The lowest BCUT2D eigenvalue weighted by Crippen LogP contribution is -2.30. The van der Waals surface area contributed by atoms with E-state index in [2.05, 4.69) is 34.8 Å². The quantitative estimate of drug-likeness (QED) is 0.523. The lowest BCUT2D eigenvalue weighted by atomic mass is 9.89. The third kappa shape index (κ3) is 0.856. The number of allylic oxidation sites excluding steroid dienone is 3. The fourth-order valence-corrected chi connectivity index (χ4v) is 1.33. The van der Waals surface area contributed by atoms with Crippen LogP contribution < -0.4 is 5.43 Å². The molecule has 1 aliphatic carbocycles. The van der Waals surface area contributed by atoms with Gasteiger partial charge in [-0.25, -0.2) is 0 Å². The average Bonchev–Trinajstić information content (AvgIpc) is 2.05. The zero-order valence-electron chi connectivity index (χ0n) is 5.70. The van der Waals surface area contributed by atoms with E-state index in [1.54, 1.807) is 0 Å². The van der Waals surface area contributed by atoms with Gasteiger partial charge in [0.1, 0.15) is 0 Å². The predicted octanol–water partition coefficient (Wildman–Crippen LogP) is 0.934. The maximum absolute atomic E-state index is 4.00. The molecule has 0 aromatic carbocycles. The molecule has 2 unspecified atom stereocenters. The summed E-state index contributed by atoms with van der Waals surface area (Å²) in [6.07, 6.45) is 10.6. The normalized spacial score (nSPS) is 35.2. The van der Waals surface area contributed by atoms with E-state index in [0.29, 0.717) is 11.8 Å². The smallest absolute Gasteiger partial charge is 0.0401 e. The molecule has 2 rings (SSSR count). The number of hydrazone groups is 1. The Hall–Kier alpha value is -1.05. The van der Waals surface area contributed by atoms with Crippen molar-refractivity contribution in [2.24, 2.45) is 16.9 Å². The Morgan fingerprint density at radius 2 is 2.20 bits per heavy atom. The SMILES string of the molecule is C1=CC2C=NNCC2C=C1. The molecule has 2 atom stereocenters. The summed E-state index contributed by atoms with van der Waals surface area (Å²) in [7, 11) is 0. The summed E-state index contributed by atoms with van der Waals surface area (Å²) < 4.78 is 0. The molecule has 1 N–H and O–H groups in total. The topological polar surface area (TPSA) is 24.4 Å². The van der Waals surface area contributed by atoms with Crippen LogP contribution in [0.4, 0.5) is 0 Å². The Labute approximate surface area is 60.3 Å². The second-order valence-electron chi connectivity index (χ2n) is 2.65. The van der Waals surface area contributed by atoms with E-state index in [9.17, 15) is 0 Å². The Kier molecular flexibility index (Phi) is 1.31. The molecule has 0 saturated carbocycles. The summed E-state index contributed by atoms with van der Waals surface area (Å²) in [6.45, 7) is 0.974. The summed E-state index contributed by atoms with van der Waals surface area (Å²) in [6, 6.07) is 0. The summed E-state index contributed by atoms with van der Waals surface area (Å²) in [4.78, 5) is 0. The molecular weight excluding hydrogens is 124 g/mol. The van der Waals surface area contributed by atoms with Crippen LogP contribution in [-0.4, -0.2) is 12.8 Å². The molecule has 2 nitrogen and oxygen atoms in total. The predicted molar refractivity (Wildman–Crippen MR) is 41.8 cm³/mol. The van der Waals surface area contributed by atoms with Gasteiger partial charge in [-0.1, -0.05) is 24.3 Å². The van der Waals surface area contributed by atoms with Gasteiger partial charge >= 0.3 is 0 Å². The van der Waals surface area contributed by atoms with Crippen molar-refractivity contribution in [2.45, 2.75) is 0 Å². The van der Waals surface area contributed by atoms with Gasteiger partial charge in [-0.2, -0.15) is 5.10 Å². The number of nitrogens with zero attached hydrogens (tertiary/aromatic N) is 1. The van der Waals surface area contributed by atoms with Crippen molar-refractivity contribution in [1.29, 1.82) is 0 Å². The van der Waals surface area contributed by atoms with Crippen LogP contribution in [0.3, 0.4) is 0 Å². The van der Waals surface area contributed by atoms with Crippen LogP contribution in [0.15, 0.2) is 29.4 Å². The first-order chi connectivity index (χ1) is 4.97. The number of fused-ring (bicyclic) bond motifs is 1. The van der Waals surface area contributed by atoms with Gasteiger partial charge in [-0.3, -0.25) is 0 Å². The monoisotopic (exact) mass is 134 g/mol. The van der Waals surface area contributed by atoms with Crippen molar-refractivity contribution < 1.29 is 0 Å². The molecule has 0 aromatic heterocycles. The zero-order chi connectivity index (χ0) is 6.81. The molecule has 0 bridgehead atoms. The van der Waals surface area contributed by atoms with Gasteiger partial charge < -0.3 is 5.43 Å². The van der Waals surface area contributed by atoms with E-state index < -0.39 is 0 Å². The summed E-state index contributed by atoms with van der Waals surface area (Å²) >= 11 is 0. The highest BCUT2D eigenvalue weighted by Gasteiger charge is 2.18. The molecule has 0 saturated heterocycles. The number of hydrogen-bond donors (Lipinski definition) is 1. The lowest BCUT2D eigenvalue weighted by Gasteiger charge is -2.23. The molecule has 0 radical (unpaired) electrons. The molecule has 0 fully saturated rings. The van der Waals surface area contributed by atoms with Gasteiger partial charge in [-0.05, 0) is 0 Å². The van der Waals surface area contributed by atoms with Gasteiger partial charge in [0.05, 0.1) is 0 Å². The molecular formula is C8H10N2. The standard InChI is InChI=1S/C8H10N2/c1-2-4-8-6-10-9-5-7(8)3-1/h1-5,7-8,10H,6H2. The van der Waals surface area contributed by atoms with Gasteiger partial charge in [0.15, 0.2) is 0 Å². The Balaban J connectivity index is 2.21. The maximum atomic E-state index is 4.00. The molecule has 10 heavy (non-hydrogen) atoms. The maximum Gasteiger partial charge on any atom is 0.0401 e. The fraction of sp³-hybridized carbons (Fsp3) is 0.375. The highest BCUT2D eigenvalue weighted by molar-refractivity contribution is 5.65. The van der Waals surface area contributed by atoms with E-state index >= 15 is 0 Å². The lowest BCUT2D eigenvalue weighted by molar-refractivity contribution is 0.500. The highest BCUT2D eigenvalue weighted by Crippen LogP contribution is 2.18. The molecule has 2 heteroatoms. The molecule has 0 aromatic rings. The second-order valence-corrected chi connectivity index (χ2v) is 2.65. The van der Waals surface area contributed by atoms with Crippen LogP contribution in [0.5, 0.6) is 0 Å². The second kappa shape index (κ2) is 2.29. The minimum absolute atomic E-state index is 0.534. The van der Waals surface area contributed by atoms with Crippen LogP contribution >= 0.6 is 0 Å². The Bertz CT molecular complexity index is 203. The minimum Gasteiger partial charge on any atom is -0.310 e. The first-order valence-electron chi connectivity index (χ1n) is 3.58. The third-order valence-electron chi connectivity index (χ3n) is 1.96. The van der Waals surface area contributed by atoms with Crippen LogP contribution in [0, 0.1) is 11.8 Å². The first kappa shape index (κ1) is 5.71. The summed E-state index contributed by atoms with van der Waals surface area (Å²) in [5.74, 6) is 1.16. The van der Waals surface area contributed by atoms with Crippen LogP contribution in [0.2, 0.25) is 0 Å². The van der Waals surface area contributed by atoms with Crippen molar-refractivity contribution >= 4 is 6.21 Å². The molecule has 0 amide bonds. The van der Waals surface area contributed by atoms with E-state index in [1.165, 1.54) is 0 Å². The molecule has 52 valence electrons. The number of nitrogens with one attached hydrogen (secondary N) is 1. The van der Waals surface area contributed by atoms with Crippen LogP contribution in [-0.2, 0) is 0 Å². The van der Waals surface area contributed by atoms with Crippen molar-refractivity contribution in [1.82, 2.24) is 5.43 Å². The highest BCUT2D eigenvalue weighted by atomic mass is 15.3.